The Kier molecular flexibility index (Phi) is 2.26. The van der Waals surface area contributed by atoms with E-state index in [0.29, 0.717) is 0 Å². The molecule has 2 nitrogen and oxygen atoms in total. The van der Waals surface area contributed by atoms with Gasteiger partial charge < -0.3 is 5.11 Å². The number of hydrogen-bond donors (Lipinski definition) is 1. The molecule has 0 aliphatic carbocycles. The van der Waals surface area contributed by atoms with Crippen LogP contribution in [0.25, 0.3) is 21.9 Å². The van der Waals surface area contributed by atoms with E-state index in [-0.39, 0.29) is 5.75 Å². The summed E-state index contributed by atoms with van der Waals surface area (Å²) in [5.41, 5.74) is 2.25. The molecule has 3 rings (SSSR count). The Morgan fingerprint density at radius 1 is 0.882 bits per heavy atom. The average molecular weight is 221 g/mol. The summed E-state index contributed by atoms with van der Waals surface area (Å²) in [7, 11) is 0. The minimum atomic E-state index is 0.288. The van der Waals surface area contributed by atoms with Crippen LogP contribution in [0.15, 0.2) is 60.9 Å². The van der Waals surface area contributed by atoms with Crippen LogP contribution in [0.3, 0.4) is 0 Å². The van der Waals surface area contributed by atoms with Crippen molar-refractivity contribution in [3.63, 3.8) is 0 Å². The molecule has 1 aromatic heterocycles. The molecule has 3 aromatic rings. The zero-order valence-electron chi connectivity index (χ0n) is 9.17. The summed E-state index contributed by atoms with van der Waals surface area (Å²) in [6, 6.07) is 15.4. The molecule has 0 atom stereocenters. The van der Waals surface area contributed by atoms with Gasteiger partial charge in [-0.2, -0.15) is 0 Å². The van der Waals surface area contributed by atoms with Gasteiger partial charge in [-0.05, 0) is 34.7 Å². The van der Waals surface area contributed by atoms with Gasteiger partial charge in [-0.1, -0.05) is 30.3 Å². The molecule has 17 heavy (non-hydrogen) atoms. The highest BCUT2D eigenvalue weighted by atomic mass is 16.3. The molecule has 0 amide bonds. The third kappa shape index (κ3) is 1.74. The molecule has 82 valence electrons. The molecule has 2 heteroatoms. The van der Waals surface area contributed by atoms with Crippen molar-refractivity contribution >= 4 is 10.8 Å². The van der Waals surface area contributed by atoms with Crippen LogP contribution < -0.4 is 0 Å². The van der Waals surface area contributed by atoms with Gasteiger partial charge in [-0.3, -0.25) is 4.98 Å². The first-order valence-corrected chi connectivity index (χ1v) is 5.47. The number of hydrogen-bond acceptors (Lipinski definition) is 2. The fraction of sp³-hybridized carbons (Fsp3) is 0. The fourth-order valence-electron chi connectivity index (χ4n) is 2.02. The molecule has 0 fully saturated rings. The summed E-state index contributed by atoms with van der Waals surface area (Å²) < 4.78 is 0. The van der Waals surface area contributed by atoms with E-state index in [1.165, 1.54) is 5.39 Å². The molecule has 1 N–H and O–H groups in total. The summed E-state index contributed by atoms with van der Waals surface area (Å²) in [6.07, 6.45) is 3.66. The number of aromatic hydroxyl groups is 1. The van der Waals surface area contributed by atoms with Gasteiger partial charge in [0.2, 0.25) is 0 Å². The largest absolute Gasteiger partial charge is 0.508 e. The second-order valence-corrected chi connectivity index (χ2v) is 3.95. The molecule has 1 heterocycles. The van der Waals surface area contributed by atoms with Crippen molar-refractivity contribution in [3.8, 4) is 16.9 Å². The van der Waals surface area contributed by atoms with Gasteiger partial charge in [0.15, 0.2) is 0 Å². The number of nitrogens with zero attached hydrogens (tertiary/aromatic N) is 1. The van der Waals surface area contributed by atoms with Crippen LogP contribution in [0, 0.1) is 0 Å². The van der Waals surface area contributed by atoms with Gasteiger partial charge in [-0.15, -0.1) is 0 Å². The van der Waals surface area contributed by atoms with Crippen molar-refractivity contribution in [3.05, 3.63) is 60.9 Å². The van der Waals surface area contributed by atoms with Crippen molar-refractivity contribution in [2.45, 2.75) is 0 Å². The van der Waals surface area contributed by atoms with Crippen molar-refractivity contribution in [1.29, 1.82) is 0 Å². The number of phenolic OH excluding ortho intramolecular Hbond substituents is 1. The molecule has 0 saturated carbocycles. The number of rotatable bonds is 1. The Hall–Kier alpha value is -2.35. The molecule has 0 radical (unpaired) electrons. The second-order valence-electron chi connectivity index (χ2n) is 3.95. The molecular formula is C15H11NO. The fourth-order valence-corrected chi connectivity index (χ4v) is 2.02. The van der Waals surface area contributed by atoms with Gasteiger partial charge in [0.1, 0.15) is 5.75 Å². The smallest absolute Gasteiger partial charge is 0.115 e. The van der Waals surface area contributed by atoms with E-state index >= 15 is 0 Å². The van der Waals surface area contributed by atoms with E-state index in [2.05, 4.69) is 11.1 Å². The number of benzene rings is 2. The van der Waals surface area contributed by atoms with Crippen LogP contribution in [0.2, 0.25) is 0 Å². The van der Waals surface area contributed by atoms with Gasteiger partial charge in [0, 0.05) is 17.8 Å². The molecular weight excluding hydrogens is 210 g/mol. The average Bonchev–Trinajstić information content (AvgIpc) is 2.39. The van der Waals surface area contributed by atoms with E-state index in [1.54, 1.807) is 18.3 Å². The highest BCUT2D eigenvalue weighted by Gasteiger charge is 2.02. The Labute approximate surface area is 99.2 Å². The monoisotopic (exact) mass is 221 g/mol. The minimum absolute atomic E-state index is 0.288. The van der Waals surface area contributed by atoms with E-state index in [0.717, 1.165) is 16.5 Å². The first-order chi connectivity index (χ1) is 8.34. The predicted octanol–water partition coefficient (Wildman–Crippen LogP) is 3.61. The van der Waals surface area contributed by atoms with Crippen LogP contribution in [-0.2, 0) is 0 Å². The Bertz CT molecular complexity index is 654. The van der Waals surface area contributed by atoms with E-state index < -0.39 is 0 Å². The number of phenols is 1. The van der Waals surface area contributed by atoms with Crippen molar-refractivity contribution < 1.29 is 5.11 Å². The lowest BCUT2D eigenvalue weighted by atomic mass is 9.99. The molecule has 0 bridgehead atoms. The van der Waals surface area contributed by atoms with Crippen LogP contribution in [0.1, 0.15) is 0 Å². The standard InChI is InChI=1S/C15H11NO/c17-13-6-4-11(5-7-13)14-3-1-2-12-10-16-9-8-15(12)14/h1-10,17H. The Balaban J connectivity index is 2.27. The zero-order chi connectivity index (χ0) is 11.7. The lowest BCUT2D eigenvalue weighted by Gasteiger charge is -2.06. The number of fused-ring (bicyclic) bond motifs is 1. The maximum Gasteiger partial charge on any atom is 0.115 e. The third-order valence-electron chi connectivity index (χ3n) is 2.86. The van der Waals surface area contributed by atoms with Gasteiger partial charge >= 0.3 is 0 Å². The van der Waals surface area contributed by atoms with Crippen molar-refractivity contribution in [2.75, 3.05) is 0 Å². The predicted molar refractivity (Wildman–Crippen MR) is 68.8 cm³/mol. The molecule has 0 aliphatic heterocycles. The SMILES string of the molecule is Oc1ccc(-c2cccc3cnccc23)cc1. The van der Waals surface area contributed by atoms with Crippen LogP contribution in [0.5, 0.6) is 5.75 Å². The van der Waals surface area contributed by atoms with Crippen LogP contribution in [-0.4, -0.2) is 10.1 Å². The number of aromatic nitrogens is 1. The lowest BCUT2D eigenvalue weighted by Crippen LogP contribution is -1.81. The summed E-state index contributed by atoms with van der Waals surface area (Å²) in [5.74, 6) is 0.288. The van der Waals surface area contributed by atoms with Crippen molar-refractivity contribution in [2.24, 2.45) is 0 Å². The van der Waals surface area contributed by atoms with Gasteiger partial charge in [-0.25, -0.2) is 0 Å². The molecule has 0 unspecified atom stereocenters. The molecule has 0 saturated heterocycles. The summed E-state index contributed by atoms with van der Waals surface area (Å²) in [5, 5.41) is 11.6. The maximum absolute atomic E-state index is 9.31. The highest BCUT2D eigenvalue weighted by Crippen LogP contribution is 2.28. The van der Waals surface area contributed by atoms with Gasteiger partial charge in [0.25, 0.3) is 0 Å². The normalized spacial score (nSPS) is 10.6. The zero-order valence-corrected chi connectivity index (χ0v) is 9.17. The first kappa shape index (κ1) is 9.85. The Morgan fingerprint density at radius 2 is 1.71 bits per heavy atom. The van der Waals surface area contributed by atoms with E-state index in [1.807, 2.05) is 36.5 Å². The Morgan fingerprint density at radius 3 is 2.53 bits per heavy atom. The third-order valence-corrected chi connectivity index (χ3v) is 2.86. The second kappa shape index (κ2) is 3.91. The molecule has 2 aromatic carbocycles. The van der Waals surface area contributed by atoms with Crippen molar-refractivity contribution in [1.82, 2.24) is 4.98 Å². The summed E-state index contributed by atoms with van der Waals surface area (Å²) >= 11 is 0. The topological polar surface area (TPSA) is 33.1 Å². The molecule has 0 aliphatic rings. The van der Waals surface area contributed by atoms with Gasteiger partial charge in [0.05, 0.1) is 0 Å². The summed E-state index contributed by atoms with van der Waals surface area (Å²) in [4.78, 5) is 4.12. The highest BCUT2D eigenvalue weighted by molar-refractivity contribution is 5.96. The number of pyridine rings is 1. The van der Waals surface area contributed by atoms with Crippen LogP contribution >= 0.6 is 0 Å². The quantitative estimate of drug-likeness (QED) is 0.681. The maximum atomic E-state index is 9.31. The van der Waals surface area contributed by atoms with Crippen LogP contribution in [0.4, 0.5) is 0 Å². The lowest BCUT2D eigenvalue weighted by molar-refractivity contribution is 0.475. The van der Waals surface area contributed by atoms with E-state index in [4.69, 9.17) is 0 Å². The molecule has 0 spiro atoms. The summed E-state index contributed by atoms with van der Waals surface area (Å²) in [6.45, 7) is 0. The minimum Gasteiger partial charge on any atom is -0.508 e. The first-order valence-electron chi connectivity index (χ1n) is 5.47. The van der Waals surface area contributed by atoms with E-state index in [9.17, 15) is 5.11 Å².